The zero-order valence-electron chi connectivity index (χ0n) is 12.5. The summed E-state index contributed by atoms with van der Waals surface area (Å²) in [5.41, 5.74) is 4.61. The molecule has 0 amide bonds. The first kappa shape index (κ1) is 15.2. The highest BCUT2D eigenvalue weighted by molar-refractivity contribution is 5.66. The second-order valence-corrected chi connectivity index (χ2v) is 5.45. The molecule has 1 atom stereocenters. The predicted octanol–water partition coefficient (Wildman–Crippen LogP) is 4.42. The third-order valence-corrected chi connectivity index (χ3v) is 3.83. The lowest BCUT2D eigenvalue weighted by Crippen LogP contribution is -1.98. The van der Waals surface area contributed by atoms with Gasteiger partial charge in [-0.05, 0) is 42.9 Å². The normalized spacial score (nSPS) is 12.1. The highest BCUT2D eigenvalue weighted by atomic mass is 16.4. The summed E-state index contributed by atoms with van der Waals surface area (Å²) >= 11 is 0. The molecule has 0 aliphatic carbocycles. The van der Waals surface area contributed by atoms with Crippen molar-refractivity contribution in [2.45, 2.75) is 39.0 Å². The number of rotatable bonds is 6. The molecule has 0 aliphatic rings. The molecule has 3 nitrogen and oxygen atoms in total. The van der Waals surface area contributed by atoms with Gasteiger partial charge in [-0.15, -0.1) is 0 Å². The lowest BCUT2D eigenvalue weighted by molar-refractivity contribution is -0.137. The fraction of sp³-hybridized carbons (Fsp3) is 0.333. The fourth-order valence-electron chi connectivity index (χ4n) is 2.51. The van der Waals surface area contributed by atoms with Gasteiger partial charge < -0.3 is 5.11 Å². The van der Waals surface area contributed by atoms with Crippen LogP contribution in [0.3, 0.4) is 0 Å². The number of aromatic nitrogens is 1. The van der Waals surface area contributed by atoms with Crippen molar-refractivity contribution >= 4 is 5.97 Å². The Kier molecular flexibility index (Phi) is 5.09. The molecule has 0 fully saturated rings. The van der Waals surface area contributed by atoms with Crippen LogP contribution in [0.2, 0.25) is 0 Å². The Bertz CT molecular complexity index is 605. The van der Waals surface area contributed by atoms with Gasteiger partial charge in [0, 0.05) is 23.9 Å². The lowest BCUT2D eigenvalue weighted by Gasteiger charge is -2.12. The SMILES string of the molecule is Cc1ncccc1-c1ccc(C(C)CCCC(=O)O)cc1. The van der Waals surface area contributed by atoms with Gasteiger partial charge >= 0.3 is 5.97 Å². The van der Waals surface area contributed by atoms with Gasteiger partial charge in [0.25, 0.3) is 0 Å². The van der Waals surface area contributed by atoms with Gasteiger partial charge in [0.2, 0.25) is 0 Å². The van der Waals surface area contributed by atoms with E-state index in [2.05, 4.69) is 42.2 Å². The molecule has 2 aromatic rings. The fourth-order valence-corrected chi connectivity index (χ4v) is 2.51. The van der Waals surface area contributed by atoms with E-state index in [1.807, 2.05) is 13.0 Å². The van der Waals surface area contributed by atoms with E-state index in [1.165, 1.54) is 11.1 Å². The van der Waals surface area contributed by atoms with Crippen LogP contribution in [0.4, 0.5) is 0 Å². The van der Waals surface area contributed by atoms with E-state index < -0.39 is 5.97 Å². The first-order chi connectivity index (χ1) is 10.1. The maximum Gasteiger partial charge on any atom is 0.303 e. The first-order valence-electron chi connectivity index (χ1n) is 7.31. The number of benzene rings is 1. The van der Waals surface area contributed by atoms with E-state index in [9.17, 15) is 4.79 Å². The number of carboxylic acid groups (broad SMARTS) is 1. The molecular formula is C18H21NO2. The van der Waals surface area contributed by atoms with Gasteiger partial charge in [-0.1, -0.05) is 37.3 Å². The molecule has 1 aromatic heterocycles. The zero-order valence-corrected chi connectivity index (χ0v) is 12.5. The Morgan fingerprint density at radius 2 is 1.95 bits per heavy atom. The summed E-state index contributed by atoms with van der Waals surface area (Å²) in [6.07, 6.45) is 3.67. The van der Waals surface area contributed by atoms with Crippen molar-refractivity contribution in [2.75, 3.05) is 0 Å². The summed E-state index contributed by atoms with van der Waals surface area (Å²) in [6.45, 7) is 4.16. The molecule has 3 heteroatoms. The smallest absolute Gasteiger partial charge is 0.303 e. The van der Waals surface area contributed by atoms with E-state index in [4.69, 9.17) is 5.11 Å². The molecule has 0 saturated heterocycles. The number of nitrogens with zero attached hydrogens (tertiary/aromatic N) is 1. The molecule has 0 aliphatic heterocycles. The zero-order chi connectivity index (χ0) is 15.2. The van der Waals surface area contributed by atoms with Crippen LogP contribution < -0.4 is 0 Å². The van der Waals surface area contributed by atoms with Crippen LogP contribution in [0, 0.1) is 6.92 Å². The van der Waals surface area contributed by atoms with E-state index in [0.717, 1.165) is 24.1 Å². The molecule has 0 radical (unpaired) electrons. The van der Waals surface area contributed by atoms with Gasteiger partial charge in [0.15, 0.2) is 0 Å². The van der Waals surface area contributed by atoms with Crippen LogP contribution in [0.1, 0.15) is 43.4 Å². The average Bonchev–Trinajstić information content (AvgIpc) is 2.47. The van der Waals surface area contributed by atoms with Crippen molar-refractivity contribution in [1.29, 1.82) is 0 Å². The summed E-state index contributed by atoms with van der Waals surface area (Å²) in [6, 6.07) is 12.5. The molecule has 0 bridgehead atoms. The molecule has 0 saturated carbocycles. The minimum Gasteiger partial charge on any atom is -0.481 e. The summed E-state index contributed by atoms with van der Waals surface area (Å²) in [4.78, 5) is 14.9. The second-order valence-electron chi connectivity index (χ2n) is 5.45. The monoisotopic (exact) mass is 283 g/mol. The largest absolute Gasteiger partial charge is 0.481 e. The van der Waals surface area contributed by atoms with Gasteiger partial charge in [0.05, 0.1) is 0 Å². The van der Waals surface area contributed by atoms with Gasteiger partial charge in [-0.3, -0.25) is 9.78 Å². The highest BCUT2D eigenvalue weighted by Gasteiger charge is 2.08. The van der Waals surface area contributed by atoms with Crippen LogP contribution in [-0.4, -0.2) is 16.1 Å². The molecule has 1 aromatic carbocycles. The molecule has 21 heavy (non-hydrogen) atoms. The average molecular weight is 283 g/mol. The molecule has 1 N–H and O–H groups in total. The number of hydrogen-bond donors (Lipinski definition) is 1. The minimum atomic E-state index is -0.718. The first-order valence-corrected chi connectivity index (χ1v) is 7.31. The van der Waals surface area contributed by atoms with E-state index in [1.54, 1.807) is 6.20 Å². The Morgan fingerprint density at radius 1 is 1.24 bits per heavy atom. The minimum absolute atomic E-state index is 0.247. The van der Waals surface area contributed by atoms with E-state index in [0.29, 0.717) is 5.92 Å². The maximum absolute atomic E-state index is 10.5. The van der Waals surface area contributed by atoms with Gasteiger partial charge in [-0.2, -0.15) is 0 Å². The van der Waals surface area contributed by atoms with Crippen LogP contribution in [0.25, 0.3) is 11.1 Å². The number of carbonyl (C=O) groups is 1. The van der Waals surface area contributed by atoms with Gasteiger partial charge in [-0.25, -0.2) is 0 Å². The number of aryl methyl sites for hydroxylation is 1. The Hall–Kier alpha value is -2.16. The number of hydrogen-bond acceptors (Lipinski definition) is 2. The summed E-state index contributed by atoms with van der Waals surface area (Å²) in [5, 5.41) is 8.68. The molecule has 1 heterocycles. The number of carboxylic acids is 1. The summed E-state index contributed by atoms with van der Waals surface area (Å²) in [7, 11) is 0. The van der Waals surface area contributed by atoms with Crippen molar-refractivity contribution in [3.63, 3.8) is 0 Å². The number of aliphatic carboxylic acids is 1. The quantitative estimate of drug-likeness (QED) is 0.854. The molecule has 110 valence electrons. The van der Waals surface area contributed by atoms with Crippen molar-refractivity contribution in [3.8, 4) is 11.1 Å². The highest BCUT2D eigenvalue weighted by Crippen LogP contribution is 2.26. The number of pyridine rings is 1. The molecule has 1 unspecified atom stereocenters. The van der Waals surface area contributed by atoms with Gasteiger partial charge in [0.1, 0.15) is 0 Å². The Balaban J connectivity index is 2.05. The van der Waals surface area contributed by atoms with Crippen molar-refractivity contribution < 1.29 is 9.90 Å². The van der Waals surface area contributed by atoms with Crippen LogP contribution >= 0.6 is 0 Å². The van der Waals surface area contributed by atoms with Crippen molar-refractivity contribution in [2.24, 2.45) is 0 Å². The molecular weight excluding hydrogens is 262 g/mol. The maximum atomic E-state index is 10.5. The predicted molar refractivity (Wildman–Crippen MR) is 84.3 cm³/mol. The van der Waals surface area contributed by atoms with Crippen LogP contribution in [-0.2, 0) is 4.79 Å². The lowest BCUT2D eigenvalue weighted by atomic mass is 9.93. The summed E-state index contributed by atoms with van der Waals surface area (Å²) < 4.78 is 0. The third kappa shape index (κ3) is 4.15. The van der Waals surface area contributed by atoms with Crippen LogP contribution in [0.15, 0.2) is 42.6 Å². The van der Waals surface area contributed by atoms with Crippen LogP contribution in [0.5, 0.6) is 0 Å². The molecule has 2 rings (SSSR count). The Morgan fingerprint density at radius 3 is 2.57 bits per heavy atom. The standard InChI is InChI=1S/C18H21NO2/c1-13(5-3-7-18(20)21)15-8-10-16(11-9-15)17-6-4-12-19-14(17)2/h4,6,8-13H,3,5,7H2,1-2H3,(H,20,21). The van der Waals surface area contributed by atoms with Crippen molar-refractivity contribution in [3.05, 3.63) is 53.9 Å². The van der Waals surface area contributed by atoms with E-state index >= 15 is 0 Å². The topological polar surface area (TPSA) is 50.2 Å². The molecule has 0 spiro atoms. The second kappa shape index (κ2) is 7.02. The van der Waals surface area contributed by atoms with E-state index in [-0.39, 0.29) is 6.42 Å². The Labute approximate surface area is 125 Å². The summed E-state index contributed by atoms with van der Waals surface area (Å²) in [5.74, 6) is -0.335. The third-order valence-electron chi connectivity index (χ3n) is 3.83. The van der Waals surface area contributed by atoms with Crippen molar-refractivity contribution in [1.82, 2.24) is 4.98 Å².